The van der Waals surface area contributed by atoms with E-state index in [4.69, 9.17) is 14.8 Å². The fraction of sp³-hybridized carbons (Fsp3) is 0.333. The van der Waals surface area contributed by atoms with Crippen LogP contribution in [0.15, 0.2) is 35.7 Å². The normalized spacial score (nSPS) is 13.2. The summed E-state index contributed by atoms with van der Waals surface area (Å²) in [6.45, 7) is 1.61. The van der Waals surface area contributed by atoms with E-state index >= 15 is 0 Å². The summed E-state index contributed by atoms with van der Waals surface area (Å²) in [4.78, 5) is 15.5. The highest BCUT2D eigenvalue weighted by Crippen LogP contribution is 2.30. The molecule has 2 N–H and O–H groups in total. The second kappa shape index (κ2) is 7.96. The van der Waals surface area contributed by atoms with Crippen molar-refractivity contribution in [3.63, 3.8) is 0 Å². The number of rotatable bonds is 7. The van der Waals surface area contributed by atoms with E-state index in [1.807, 2.05) is 23.6 Å². The number of nitrogens with zero attached hydrogens (tertiary/aromatic N) is 1. The molecular weight excluding hydrogens is 360 g/mol. The van der Waals surface area contributed by atoms with Crippen molar-refractivity contribution >= 4 is 33.1 Å². The van der Waals surface area contributed by atoms with E-state index in [-0.39, 0.29) is 6.42 Å². The number of ether oxygens (including phenoxy) is 1. The van der Waals surface area contributed by atoms with E-state index in [1.54, 1.807) is 11.3 Å². The number of benzene rings is 1. The van der Waals surface area contributed by atoms with Crippen molar-refractivity contribution in [2.45, 2.75) is 32.1 Å². The highest BCUT2D eigenvalue weighted by molar-refractivity contribution is 7.17. The maximum Gasteiger partial charge on any atom is 0.303 e. The van der Waals surface area contributed by atoms with Crippen LogP contribution in [-0.4, -0.2) is 29.2 Å². The molecule has 3 aromatic rings. The number of thiophene rings is 1. The van der Waals surface area contributed by atoms with Crippen LogP contribution in [0.25, 0.3) is 10.1 Å². The minimum Gasteiger partial charge on any atom is -0.493 e. The van der Waals surface area contributed by atoms with Crippen LogP contribution in [0.1, 0.15) is 29.8 Å². The number of carboxylic acid groups (broad SMARTS) is 1. The zero-order valence-corrected chi connectivity index (χ0v) is 15.8. The predicted octanol–water partition coefficient (Wildman–Crippen LogP) is 4.29. The molecule has 0 fully saturated rings. The van der Waals surface area contributed by atoms with Crippen LogP contribution in [0.3, 0.4) is 0 Å². The van der Waals surface area contributed by atoms with Crippen molar-refractivity contribution in [1.82, 2.24) is 4.98 Å². The highest BCUT2D eigenvalue weighted by atomic mass is 32.1. The summed E-state index contributed by atoms with van der Waals surface area (Å²) in [7, 11) is 0. The van der Waals surface area contributed by atoms with Crippen molar-refractivity contribution in [3.8, 4) is 5.75 Å². The molecule has 0 unspecified atom stereocenters. The van der Waals surface area contributed by atoms with Gasteiger partial charge in [0.05, 0.1) is 18.0 Å². The Morgan fingerprint density at radius 1 is 1.26 bits per heavy atom. The summed E-state index contributed by atoms with van der Waals surface area (Å²) in [5.74, 6) is 0.0784. The Bertz CT molecular complexity index is 967. The van der Waals surface area contributed by atoms with Gasteiger partial charge in [0.1, 0.15) is 5.75 Å². The Morgan fingerprint density at radius 2 is 2.19 bits per heavy atom. The molecule has 0 bridgehead atoms. The summed E-state index contributed by atoms with van der Waals surface area (Å²) < 4.78 is 7.06. The third-order valence-corrected chi connectivity index (χ3v) is 5.79. The van der Waals surface area contributed by atoms with Crippen LogP contribution in [0.4, 0.5) is 5.69 Å². The fourth-order valence-electron chi connectivity index (χ4n) is 3.38. The van der Waals surface area contributed by atoms with Crippen LogP contribution >= 0.6 is 11.3 Å². The quantitative estimate of drug-likeness (QED) is 0.638. The zero-order chi connectivity index (χ0) is 18.6. The van der Waals surface area contributed by atoms with E-state index in [0.29, 0.717) is 13.0 Å². The molecule has 1 aliphatic rings. The number of aromatic nitrogens is 1. The standard InChI is InChI=1S/C21H22N2O3S/c24-21(25)8-3-14-13-27-20-12-16(5-6-17(14)20)26-11-9-15-4-7-18-19(23-15)2-1-10-22-18/h4-7,12-13,22H,1-3,8-11H2,(H,24,25). The number of carboxylic acids is 1. The van der Waals surface area contributed by atoms with Crippen molar-refractivity contribution in [3.05, 3.63) is 52.7 Å². The maximum atomic E-state index is 10.8. The minimum absolute atomic E-state index is 0.160. The fourth-order valence-corrected chi connectivity index (χ4v) is 4.40. The van der Waals surface area contributed by atoms with Crippen LogP contribution in [-0.2, 0) is 24.1 Å². The molecule has 0 aliphatic carbocycles. The first-order valence-electron chi connectivity index (χ1n) is 9.26. The largest absolute Gasteiger partial charge is 0.493 e. The van der Waals surface area contributed by atoms with Crippen molar-refractivity contribution in [2.75, 3.05) is 18.5 Å². The third-order valence-electron chi connectivity index (χ3n) is 4.80. The van der Waals surface area contributed by atoms with Gasteiger partial charge in [-0.15, -0.1) is 11.3 Å². The summed E-state index contributed by atoms with van der Waals surface area (Å²) >= 11 is 1.63. The van der Waals surface area contributed by atoms with E-state index < -0.39 is 5.97 Å². The lowest BCUT2D eigenvalue weighted by Crippen LogP contribution is -2.14. The first-order valence-corrected chi connectivity index (χ1v) is 10.1. The molecule has 5 nitrogen and oxygen atoms in total. The molecule has 0 amide bonds. The Morgan fingerprint density at radius 3 is 3.07 bits per heavy atom. The Balaban J connectivity index is 1.37. The van der Waals surface area contributed by atoms with Crippen LogP contribution < -0.4 is 10.1 Å². The molecule has 3 heterocycles. The number of pyridine rings is 1. The number of hydrogen-bond acceptors (Lipinski definition) is 5. The Kier molecular flexibility index (Phi) is 5.25. The predicted molar refractivity (Wildman–Crippen MR) is 108 cm³/mol. The van der Waals surface area contributed by atoms with Gasteiger partial charge >= 0.3 is 5.97 Å². The van der Waals surface area contributed by atoms with Gasteiger partial charge in [0.15, 0.2) is 0 Å². The first kappa shape index (κ1) is 17.8. The van der Waals surface area contributed by atoms with E-state index in [2.05, 4.69) is 17.4 Å². The third kappa shape index (κ3) is 4.22. The molecule has 1 aliphatic heterocycles. The van der Waals surface area contributed by atoms with E-state index in [0.717, 1.165) is 64.3 Å². The summed E-state index contributed by atoms with van der Waals surface area (Å²) in [6.07, 6.45) is 3.67. The SMILES string of the molecule is O=C(O)CCc1csc2cc(OCCc3ccc4c(n3)CCCN4)ccc12. The van der Waals surface area contributed by atoms with Gasteiger partial charge in [-0.3, -0.25) is 9.78 Å². The number of anilines is 1. The van der Waals surface area contributed by atoms with Gasteiger partial charge in [0.2, 0.25) is 0 Å². The van der Waals surface area contributed by atoms with E-state index in [1.165, 1.54) is 0 Å². The second-order valence-electron chi connectivity index (χ2n) is 6.74. The lowest BCUT2D eigenvalue weighted by atomic mass is 10.1. The topological polar surface area (TPSA) is 71.5 Å². The van der Waals surface area contributed by atoms with Gasteiger partial charge in [-0.1, -0.05) is 0 Å². The molecule has 1 aromatic carbocycles. The first-order chi connectivity index (χ1) is 13.2. The van der Waals surface area contributed by atoms with Gasteiger partial charge in [-0.2, -0.15) is 0 Å². The van der Waals surface area contributed by atoms with Crippen LogP contribution in [0.5, 0.6) is 5.75 Å². The molecule has 0 spiro atoms. The average molecular weight is 382 g/mol. The molecule has 2 aromatic heterocycles. The smallest absolute Gasteiger partial charge is 0.303 e. The minimum atomic E-state index is -0.763. The van der Waals surface area contributed by atoms with Crippen LogP contribution in [0, 0.1) is 0 Å². The Labute approximate surface area is 162 Å². The number of nitrogens with one attached hydrogen (secondary N) is 1. The molecule has 0 saturated carbocycles. The molecule has 4 rings (SSSR count). The lowest BCUT2D eigenvalue weighted by Gasteiger charge is -2.17. The van der Waals surface area contributed by atoms with E-state index in [9.17, 15) is 4.79 Å². The summed E-state index contributed by atoms with van der Waals surface area (Å²) in [5, 5.41) is 15.4. The van der Waals surface area contributed by atoms with Crippen molar-refractivity contribution in [1.29, 1.82) is 0 Å². The number of aryl methyl sites for hydroxylation is 2. The lowest BCUT2D eigenvalue weighted by molar-refractivity contribution is -0.136. The van der Waals surface area contributed by atoms with Gasteiger partial charge in [-0.25, -0.2) is 0 Å². The number of aliphatic carboxylic acids is 1. The van der Waals surface area contributed by atoms with Crippen molar-refractivity contribution < 1.29 is 14.6 Å². The molecule has 27 heavy (non-hydrogen) atoms. The molecule has 140 valence electrons. The van der Waals surface area contributed by atoms with Crippen LogP contribution in [0.2, 0.25) is 0 Å². The molecule has 0 radical (unpaired) electrons. The average Bonchev–Trinajstić information content (AvgIpc) is 3.08. The highest BCUT2D eigenvalue weighted by Gasteiger charge is 2.11. The Hall–Kier alpha value is -2.60. The number of carbonyl (C=O) groups is 1. The van der Waals surface area contributed by atoms with Gasteiger partial charge in [0.25, 0.3) is 0 Å². The zero-order valence-electron chi connectivity index (χ0n) is 15.0. The van der Waals surface area contributed by atoms with Crippen molar-refractivity contribution in [2.24, 2.45) is 0 Å². The second-order valence-corrected chi connectivity index (χ2v) is 7.65. The van der Waals surface area contributed by atoms with Gasteiger partial charge in [0, 0.05) is 29.8 Å². The number of fused-ring (bicyclic) bond motifs is 2. The van der Waals surface area contributed by atoms with Gasteiger partial charge in [-0.05, 0) is 65.9 Å². The molecule has 0 atom stereocenters. The van der Waals surface area contributed by atoms with Gasteiger partial charge < -0.3 is 15.2 Å². The molecule has 6 heteroatoms. The summed E-state index contributed by atoms with van der Waals surface area (Å²) in [5.41, 5.74) is 4.47. The maximum absolute atomic E-state index is 10.8. The number of hydrogen-bond donors (Lipinski definition) is 2. The molecular formula is C21H22N2O3S. The monoisotopic (exact) mass is 382 g/mol. The molecule has 0 saturated heterocycles. The summed E-state index contributed by atoms with van der Waals surface area (Å²) in [6, 6.07) is 10.2.